The summed E-state index contributed by atoms with van der Waals surface area (Å²) in [7, 11) is 0. The van der Waals surface area contributed by atoms with Crippen LogP contribution in [0.2, 0.25) is 4.34 Å². The number of halogens is 1. The lowest BCUT2D eigenvalue weighted by Gasteiger charge is -2.02. The molecule has 60 valence electrons. The first-order valence-electron chi connectivity index (χ1n) is 3.38. The summed E-state index contributed by atoms with van der Waals surface area (Å²) in [6.07, 6.45) is 0.119. The molecule has 1 aromatic heterocycles. The van der Waals surface area contributed by atoms with Gasteiger partial charge in [0.1, 0.15) is 4.34 Å². The molecule has 0 aliphatic carbocycles. The van der Waals surface area contributed by atoms with Crippen LogP contribution in [0.1, 0.15) is 23.5 Å². The van der Waals surface area contributed by atoms with E-state index >= 15 is 0 Å². The van der Waals surface area contributed by atoms with E-state index in [1.807, 2.05) is 6.92 Å². The quantitative estimate of drug-likeness (QED) is 0.681. The SMILES string of the molecule is CC1OCc2sc(Cl)c(N)c21. The fourth-order valence-corrected chi connectivity index (χ4v) is 2.64. The van der Waals surface area contributed by atoms with Gasteiger partial charge < -0.3 is 10.5 Å². The van der Waals surface area contributed by atoms with Crippen LogP contribution >= 0.6 is 22.9 Å². The van der Waals surface area contributed by atoms with Gasteiger partial charge in [-0.05, 0) is 6.92 Å². The Balaban J connectivity index is 2.58. The zero-order valence-corrected chi connectivity index (χ0v) is 7.63. The molecule has 11 heavy (non-hydrogen) atoms. The Bertz CT molecular complexity index is 297. The van der Waals surface area contributed by atoms with Crippen molar-refractivity contribution in [3.63, 3.8) is 0 Å². The lowest BCUT2D eigenvalue weighted by molar-refractivity contribution is 0.0805. The second-order valence-corrected chi connectivity index (χ2v) is 4.29. The number of hydrogen-bond donors (Lipinski definition) is 1. The first kappa shape index (κ1) is 7.40. The number of nitrogen functional groups attached to an aromatic ring is 1. The van der Waals surface area contributed by atoms with Crippen LogP contribution in [-0.2, 0) is 11.3 Å². The minimum Gasteiger partial charge on any atom is -0.397 e. The van der Waals surface area contributed by atoms with E-state index in [2.05, 4.69) is 0 Å². The van der Waals surface area contributed by atoms with Crippen molar-refractivity contribution in [3.8, 4) is 0 Å². The number of thiophene rings is 1. The van der Waals surface area contributed by atoms with E-state index in [0.29, 0.717) is 16.6 Å². The predicted octanol–water partition coefficient (Wildman–Crippen LogP) is 2.57. The van der Waals surface area contributed by atoms with Crippen molar-refractivity contribution in [1.82, 2.24) is 0 Å². The highest BCUT2D eigenvalue weighted by molar-refractivity contribution is 7.17. The summed E-state index contributed by atoms with van der Waals surface area (Å²) in [5.74, 6) is 0. The molecule has 1 atom stereocenters. The van der Waals surface area contributed by atoms with Crippen LogP contribution < -0.4 is 5.73 Å². The van der Waals surface area contributed by atoms with Gasteiger partial charge in [0.15, 0.2) is 0 Å². The van der Waals surface area contributed by atoms with Crippen LogP contribution in [-0.4, -0.2) is 0 Å². The lowest BCUT2D eigenvalue weighted by Crippen LogP contribution is -1.93. The molecule has 1 unspecified atom stereocenters. The van der Waals surface area contributed by atoms with Crippen LogP contribution in [0, 0.1) is 0 Å². The van der Waals surface area contributed by atoms with E-state index in [1.165, 1.54) is 16.2 Å². The van der Waals surface area contributed by atoms with Gasteiger partial charge in [-0.25, -0.2) is 0 Å². The van der Waals surface area contributed by atoms with Crippen molar-refractivity contribution in [2.24, 2.45) is 0 Å². The van der Waals surface area contributed by atoms with Gasteiger partial charge in [0, 0.05) is 10.4 Å². The Morgan fingerprint density at radius 2 is 2.45 bits per heavy atom. The van der Waals surface area contributed by atoms with Gasteiger partial charge in [-0.3, -0.25) is 0 Å². The Hall–Kier alpha value is -0.250. The van der Waals surface area contributed by atoms with E-state index in [0.717, 1.165) is 5.56 Å². The molecule has 2 nitrogen and oxygen atoms in total. The number of nitrogens with two attached hydrogens (primary N) is 1. The van der Waals surface area contributed by atoms with Crippen LogP contribution in [0.25, 0.3) is 0 Å². The molecule has 0 saturated carbocycles. The van der Waals surface area contributed by atoms with Gasteiger partial charge in [-0.2, -0.15) is 0 Å². The van der Waals surface area contributed by atoms with Crippen molar-refractivity contribution >= 4 is 28.6 Å². The highest BCUT2D eigenvalue weighted by Gasteiger charge is 2.26. The molecule has 1 aliphatic rings. The summed E-state index contributed by atoms with van der Waals surface area (Å²) < 4.78 is 6.07. The average Bonchev–Trinajstić information content (AvgIpc) is 2.41. The van der Waals surface area contributed by atoms with Crippen molar-refractivity contribution in [3.05, 3.63) is 14.8 Å². The number of rotatable bonds is 0. The van der Waals surface area contributed by atoms with Crippen molar-refractivity contribution in [2.45, 2.75) is 19.6 Å². The maximum atomic E-state index is 5.85. The molecule has 0 spiro atoms. The summed E-state index contributed by atoms with van der Waals surface area (Å²) in [5, 5.41) is 0. The zero-order chi connectivity index (χ0) is 8.01. The third-order valence-corrected chi connectivity index (χ3v) is 3.30. The Kier molecular flexibility index (Phi) is 1.59. The minimum atomic E-state index is 0.119. The zero-order valence-electron chi connectivity index (χ0n) is 6.06. The number of hydrogen-bond acceptors (Lipinski definition) is 3. The predicted molar refractivity (Wildman–Crippen MR) is 46.9 cm³/mol. The standard InChI is InChI=1S/C7H8ClNOS/c1-3-5-4(2-10-3)11-7(8)6(5)9/h3H,2,9H2,1H3. The van der Waals surface area contributed by atoms with Gasteiger partial charge in [-0.1, -0.05) is 11.6 Å². The molecule has 0 bridgehead atoms. The Labute approximate surface area is 73.9 Å². The number of fused-ring (bicyclic) bond motifs is 1. The molecule has 0 fully saturated rings. The lowest BCUT2D eigenvalue weighted by atomic mass is 10.2. The molecule has 0 radical (unpaired) electrons. The van der Waals surface area contributed by atoms with Crippen molar-refractivity contribution in [1.29, 1.82) is 0 Å². The number of anilines is 1. The second kappa shape index (κ2) is 2.37. The van der Waals surface area contributed by atoms with Gasteiger partial charge in [0.05, 0.1) is 18.4 Å². The van der Waals surface area contributed by atoms with Crippen molar-refractivity contribution < 1.29 is 4.74 Å². The molecular formula is C7H8ClNOS. The van der Waals surface area contributed by atoms with Gasteiger partial charge in [0.25, 0.3) is 0 Å². The molecule has 0 amide bonds. The molecule has 2 rings (SSSR count). The number of ether oxygens (including phenoxy) is 1. The molecule has 0 aromatic carbocycles. The third-order valence-electron chi connectivity index (χ3n) is 1.89. The third kappa shape index (κ3) is 0.956. The summed E-state index contributed by atoms with van der Waals surface area (Å²) in [5.41, 5.74) is 7.55. The topological polar surface area (TPSA) is 35.2 Å². The van der Waals surface area contributed by atoms with Gasteiger partial charge >= 0.3 is 0 Å². The van der Waals surface area contributed by atoms with E-state index < -0.39 is 0 Å². The van der Waals surface area contributed by atoms with Gasteiger partial charge in [-0.15, -0.1) is 11.3 Å². The first-order chi connectivity index (χ1) is 5.20. The Morgan fingerprint density at radius 3 is 3.09 bits per heavy atom. The second-order valence-electron chi connectivity index (χ2n) is 2.58. The van der Waals surface area contributed by atoms with Crippen LogP contribution in [0.4, 0.5) is 5.69 Å². The molecule has 0 saturated heterocycles. The highest BCUT2D eigenvalue weighted by Crippen LogP contribution is 2.44. The molecule has 2 heterocycles. The fourth-order valence-electron chi connectivity index (χ4n) is 1.31. The van der Waals surface area contributed by atoms with E-state index in [1.54, 1.807) is 0 Å². The summed E-state index contributed by atoms with van der Waals surface area (Å²) in [4.78, 5) is 1.18. The maximum Gasteiger partial charge on any atom is 0.117 e. The molecule has 1 aromatic rings. The first-order valence-corrected chi connectivity index (χ1v) is 4.57. The maximum absolute atomic E-state index is 5.85. The minimum absolute atomic E-state index is 0.119. The van der Waals surface area contributed by atoms with Crippen LogP contribution in [0.5, 0.6) is 0 Å². The van der Waals surface area contributed by atoms with E-state index in [9.17, 15) is 0 Å². The largest absolute Gasteiger partial charge is 0.397 e. The molecule has 1 aliphatic heterocycles. The van der Waals surface area contributed by atoms with Crippen LogP contribution in [0.3, 0.4) is 0 Å². The van der Waals surface area contributed by atoms with Crippen LogP contribution in [0.15, 0.2) is 0 Å². The smallest absolute Gasteiger partial charge is 0.117 e. The summed E-state index contributed by atoms with van der Waals surface area (Å²) in [6, 6.07) is 0. The molecule has 4 heteroatoms. The monoisotopic (exact) mass is 189 g/mol. The van der Waals surface area contributed by atoms with Crippen molar-refractivity contribution in [2.75, 3.05) is 5.73 Å². The average molecular weight is 190 g/mol. The molecule has 2 N–H and O–H groups in total. The van der Waals surface area contributed by atoms with E-state index in [4.69, 9.17) is 22.1 Å². The van der Waals surface area contributed by atoms with Gasteiger partial charge in [0.2, 0.25) is 0 Å². The summed E-state index contributed by atoms with van der Waals surface area (Å²) in [6.45, 7) is 2.66. The highest BCUT2D eigenvalue weighted by atomic mass is 35.5. The Morgan fingerprint density at radius 1 is 1.73 bits per heavy atom. The normalized spacial score (nSPS) is 22.2. The fraction of sp³-hybridized carbons (Fsp3) is 0.429. The summed E-state index contributed by atoms with van der Waals surface area (Å²) >= 11 is 7.37. The van der Waals surface area contributed by atoms with E-state index in [-0.39, 0.29) is 6.10 Å². The molecular weight excluding hydrogens is 182 g/mol.